The lowest BCUT2D eigenvalue weighted by atomic mass is 9.77. The van der Waals surface area contributed by atoms with Gasteiger partial charge in [-0.2, -0.15) is 5.10 Å². The number of allylic oxidation sites excluding steroid dienone is 1. The van der Waals surface area contributed by atoms with Crippen molar-refractivity contribution in [1.82, 2.24) is 5.01 Å². The van der Waals surface area contributed by atoms with Crippen molar-refractivity contribution in [1.29, 1.82) is 0 Å². The zero-order valence-corrected chi connectivity index (χ0v) is 20.0. The molecule has 2 unspecified atom stereocenters. The van der Waals surface area contributed by atoms with Crippen molar-refractivity contribution in [3.8, 4) is 11.5 Å². The monoisotopic (exact) mass is 467 g/mol. The molecule has 0 bridgehead atoms. The van der Waals surface area contributed by atoms with E-state index >= 15 is 0 Å². The number of hydrazone groups is 1. The summed E-state index contributed by atoms with van der Waals surface area (Å²) in [5, 5.41) is 9.57. The Kier molecular flexibility index (Phi) is 6.53. The van der Waals surface area contributed by atoms with Gasteiger partial charge in [-0.3, -0.25) is 0 Å². The molecular formula is C29H29N3O3. The summed E-state index contributed by atoms with van der Waals surface area (Å²) in [6.07, 6.45) is 5.15. The number of methoxy groups -OCH3 is 2. The van der Waals surface area contributed by atoms with E-state index in [1.54, 1.807) is 19.2 Å². The van der Waals surface area contributed by atoms with Crippen molar-refractivity contribution >= 4 is 23.5 Å². The molecule has 6 nitrogen and oxygen atoms in total. The summed E-state index contributed by atoms with van der Waals surface area (Å²) in [6.45, 7) is 0. The van der Waals surface area contributed by atoms with Gasteiger partial charge >= 0.3 is 6.03 Å². The number of nitrogens with zero attached hydrogens (tertiary/aromatic N) is 2. The second-order valence-electron chi connectivity index (χ2n) is 8.79. The average Bonchev–Trinajstić information content (AvgIpc) is 3.31. The molecule has 5 rings (SSSR count). The summed E-state index contributed by atoms with van der Waals surface area (Å²) < 4.78 is 10.6. The summed E-state index contributed by atoms with van der Waals surface area (Å²) in [5.41, 5.74) is 5.06. The molecule has 6 heteroatoms. The minimum Gasteiger partial charge on any atom is -0.497 e. The highest BCUT2D eigenvalue weighted by Crippen LogP contribution is 2.44. The van der Waals surface area contributed by atoms with Crippen molar-refractivity contribution in [3.63, 3.8) is 0 Å². The van der Waals surface area contributed by atoms with Gasteiger partial charge in [-0.05, 0) is 78.4 Å². The van der Waals surface area contributed by atoms with E-state index < -0.39 is 0 Å². The number of benzene rings is 3. The van der Waals surface area contributed by atoms with Gasteiger partial charge in [0, 0.05) is 11.6 Å². The lowest BCUT2D eigenvalue weighted by Crippen LogP contribution is -2.34. The van der Waals surface area contributed by atoms with E-state index in [1.807, 2.05) is 78.9 Å². The first-order chi connectivity index (χ1) is 17.2. The maximum absolute atomic E-state index is 13.5. The van der Waals surface area contributed by atoms with Crippen LogP contribution in [0.4, 0.5) is 10.5 Å². The molecule has 2 amide bonds. The summed E-state index contributed by atoms with van der Waals surface area (Å²) in [7, 11) is 3.32. The van der Waals surface area contributed by atoms with E-state index in [2.05, 4.69) is 11.4 Å². The smallest absolute Gasteiger partial charge is 0.342 e. The number of hydrogen-bond acceptors (Lipinski definition) is 4. The van der Waals surface area contributed by atoms with Crippen LogP contribution in [0.5, 0.6) is 11.5 Å². The Morgan fingerprint density at radius 3 is 2.26 bits per heavy atom. The Morgan fingerprint density at radius 2 is 1.60 bits per heavy atom. The lowest BCUT2D eigenvalue weighted by molar-refractivity contribution is 0.188. The Morgan fingerprint density at radius 1 is 0.943 bits per heavy atom. The van der Waals surface area contributed by atoms with Crippen LogP contribution in [-0.2, 0) is 0 Å². The standard InChI is InChI=1S/C29H29N3O3/c1-34-24-15-11-20(12-16-24)19-22-7-6-10-26-27(22)31-32(29(33)30-23-8-4-3-5-9-23)28(26)21-13-17-25(35-2)18-14-21/h3-5,8-9,11-19,26,28H,6-7,10H2,1-2H3,(H,30,33)/b22-19+. The second kappa shape index (κ2) is 10.1. The summed E-state index contributed by atoms with van der Waals surface area (Å²) in [4.78, 5) is 13.5. The minimum absolute atomic E-state index is 0.128. The molecule has 1 fully saturated rings. The third-order valence-corrected chi connectivity index (χ3v) is 6.65. The van der Waals surface area contributed by atoms with E-state index in [1.165, 1.54) is 5.57 Å². The first-order valence-electron chi connectivity index (χ1n) is 11.9. The molecule has 0 saturated heterocycles. The number of hydrogen-bond donors (Lipinski definition) is 1. The van der Waals surface area contributed by atoms with Crippen LogP contribution in [0, 0.1) is 5.92 Å². The Labute approximate surface area is 205 Å². The third-order valence-electron chi connectivity index (χ3n) is 6.65. The van der Waals surface area contributed by atoms with Crippen molar-refractivity contribution in [2.45, 2.75) is 25.3 Å². The minimum atomic E-state index is -0.234. The van der Waals surface area contributed by atoms with Crippen LogP contribution in [-0.4, -0.2) is 31.0 Å². The third kappa shape index (κ3) is 4.78. The first-order valence-corrected chi connectivity index (χ1v) is 11.9. The average molecular weight is 468 g/mol. The predicted molar refractivity (Wildman–Crippen MR) is 139 cm³/mol. The van der Waals surface area contributed by atoms with Gasteiger partial charge in [-0.25, -0.2) is 9.80 Å². The number of ether oxygens (including phenoxy) is 2. The van der Waals surface area contributed by atoms with E-state index in [-0.39, 0.29) is 18.0 Å². The van der Waals surface area contributed by atoms with Gasteiger partial charge in [-0.15, -0.1) is 0 Å². The van der Waals surface area contributed by atoms with Gasteiger partial charge in [0.05, 0.1) is 26.0 Å². The predicted octanol–water partition coefficient (Wildman–Crippen LogP) is 6.53. The van der Waals surface area contributed by atoms with Crippen LogP contribution in [0.2, 0.25) is 0 Å². The van der Waals surface area contributed by atoms with E-state index in [0.717, 1.165) is 53.3 Å². The van der Waals surface area contributed by atoms with E-state index in [0.29, 0.717) is 0 Å². The fraction of sp³-hybridized carbons (Fsp3) is 0.241. The van der Waals surface area contributed by atoms with Crippen LogP contribution < -0.4 is 14.8 Å². The van der Waals surface area contributed by atoms with Crippen LogP contribution in [0.25, 0.3) is 6.08 Å². The quantitative estimate of drug-likeness (QED) is 0.464. The van der Waals surface area contributed by atoms with Crippen LogP contribution in [0.1, 0.15) is 36.4 Å². The van der Waals surface area contributed by atoms with Gasteiger partial charge in [0.15, 0.2) is 0 Å². The van der Waals surface area contributed by atoms with E-state index in [4.69, 9.17) is 14.6 Å². The SMILES string of the molecule is COc1ccc(/C=C2\CCCC3C2=NN(C(=O)Nc2ccccc2)C3c2ccc(OC)cc2)cc1. The Bertz CT molecular complexity index is 1230. The van der Waals surface area contributed by atoms with Gasteiger partial charge in [0.2, 0.25) is 0 Å². The van der Waals surface area contributed by atoms with E-state index in [9.17, 15) is 4.79 Å². The maximum Gasteiger partial charge on any atom is 0.342 e. The van der Waals surface area contributed by atoms with Gasteiger partial charge in [0.1, 0.15) is 11.5 Å². The fourth-order valence-corrected chi connectivity index (χ4v) is 4.91. The largest absolute Gasteiger partial charge is 0.497 e. The molecule has 1 heterocycles. The number of carbonyl (C=O) groups excluding carboxylic acids is 1. The maximum atomic E-state index is 13.5. The molecule has 1 saturated carbocycles. The molecule has 3 aromatic carbocycles. The van der Waals surface area contributed by atoms with Gasteiger partial charge in [-0.1, -0.05) is 42.5 Å². The highest BCUT2D eigenvalue weighted by Gasteiger charge is 2.43. The molecule has 1 aliphatic heterocycles. The molecule has 3 aromatic rings. The van der Waals surface area contributed by atoms with Crippen LogP contribution in [0.3, 0.4) is 0 Å². The summed E-state index contributed by atoms with van der Waals surface area (Å²) >= 11 is 0. The molecule has 2 atom stereocenters. The number of nitrogens with one attached hydrogen (secondary N) is 1. The van der Waals surface area contributed by atoms with Gasteiger partial charge in [0.25, 0.3) is 0 Å². The highest BCUT2D eigenvalue weighted by molar-refractivity contribution is 6.08. The van der Waals surface area contributed by atoms with Crippen LogP contribution in [0.15, 0.2) is 89.5 Å². The number of urea groups is 1. The normalized spacial score (nSPS) is 20.2. The molecule has 0 radical (unpaired) electrons. The Hall–Kier alpha value is -4.06. The molecule has 0 aromatic heterocycles. The van der Waals surface area contributed by atoms with Crippen molar-refractivity contribution in [3.05, 3.63) is 95.6 Å². The molecular weight excluding hydrogens is 438 g/mol. The number of carbonyl (C=O) groups is 1. The summed E-state index contributed by atoms with van der Waals surface area (Å²) in [6, 6.07) is 25.1. The van der Waals surface area contributed by atoms with Crippen molar-refractivity contribution < 1.29 is 14.3 Å². The van der Waals surface area contributed by atoms with Crippen molar-refractivity contribution in [2.24, 2.45) is 11.0 Å². The fourth-order valence-electron chi connectivity index (χ4n) is 4.91. The lowest BCUT2D eigenvalue weighted by Gasteiger charge is -2.29. The zero-order valence-electron chi connectivity index (χ0n) is 20.0. The molecule has 1 N–H and O–H groups in total. The highest BCUT2D eigenvalue weighted by atomic mass is 16.5. The zero-order chi connectivity index (χ0) is 24.2. The molecule has 178 valence electrons. The molecule has 1 aliphatic carbocycles. The number of amides is 2. The van der Waals surface area contributed by atoms with Crippen molar-refractivity contribution in [2.75, 3.05) is 19.5 Å². The molecule has 2 aliphatic rings. The second-order valence-corrected chi connectivity index (χ2v) is 8.79. The number of anilines is 1. The number of para-hydroxylation sites is 1. The number of fused-ring (bicyclic) bond motifs is 1. The Balaban J connectivity index is 1.50. The molecule has 0 spiro atoms. The number of rotatable bonds is 5. The molecule has 35 heavy (non-hydrogen) atoms. The van der Waals surface area contributed by atoms with Crippen LogP contribution >= 0.6 is 0 Å². The topological polar surface area (TPSA) is 63.2 Å². The van der Waals surface area contributed by atoms with Gasteiger partial charge < -0.3 is 14.8 Å². The first kappa shape index (κ1) is 22.7. The summed E-state index contributed by atoms with van der Waals surface area (Å²) in [5.74, 6) is 1.75.